The lowest BCUT2D eigenvalue weighted by Gasteiger charge is -2.26. The molecule has 7 nitrogen and oxygen atoms in total. The van der Waals surface area contributed by atoms with Gasteiger partial charge in [0.25, 0.3) is 5.91 Å². The van der Waals surface area contributed by atoms with E-state index in [-0.39, 0.29) is 10.8 Å². The van der Waals surface area contributed by atoms with Gasteiger partial charge in [0.05, 0.1) is 18.1 Å². The minimum absolute atomic E-state index is 0.130. The van der Waals surface area contributed by atoms with Crippen molar-refractivity contribution in [2.75, 3.05) is 32.8 Å². The summed E-state index contributed by atoms with van der Waals surface area (Å²) >= 11 is 0. The number of carbonyl (C=O) groups is 1. The van der Waals surface area contributed by atoms with Crippen molar-refractivity contribution in [3.05, 3.63) is 59.4 Å². The molecule has 0 unspecified atom stereocenters. The number of hydrogen-bond acceptors (Lipinski definition) is 5. The summed E-state index contributed by atoms with van der Waals surface area (Å²) in [6.07, 6.45) is 2.32. The number of nitrogens with zero attached hydrogens (tertiary/aromatic N) is 2. The molecule has 0 radical (unpaired) electrons. The zero-order valence-electron chi connectivity index (χ0n) is 15.2. The molecule has 0 spiro atoms. The SMILES string of the molecule is Cc1ccc(S(=O)(=O)N2CCOCC2)cc1C(=O)NCCc1ccccn1. The highest BCUT2D eigenvalue weighted by molar-refractivity contribution is 7.89. The summed E-state index contributed by atoms with van der Waals surface area (Å²) in [5.41, 5.74) is 1.98. The predicted octanol–water partition coefficient (Wildman–Crippen LogP) is 1.38. The van der Waals surface area contributed by atoms with E-state index in [9.17, 15) is 13.2 Å². The number of morpholine rings is 1. The normalized spacial score (nSPS) is 15.4. The van der Waals surface area contributed by atoms with Crippen molar-refractivity contribution < 1.29 is 17.9 Å². The number of aromatic nitrogens is 1. The Labute approximate surface area is 159 Å². The van der Waals surface area contributed by atoms with Gasteiger partial charge in [0.15, 0.2) is 0 Å². The third-order valence-corrected chi connectivity index (χ3v) is 6.35. The Hall–Kier alpha value is -2.29. The predicted molar refractivity (Wildman–Crippen MR) is 101 cm³/mol. The Morgan fingerprint density at radius 1 is 1.22 bits per heavy atom. The molecule has 1 aliphatic rings. The van der Waals surface area contributed by atoms with E-state index in [2.05, 4.69) is 10.3 Å². The molecule has 8 heteroatoms. The number of amides is 1. The molecule has 1 amide bonds. The molecule has 1 fully saturated rings. The van der Waals surface area contributed by atoms with Gasteiger partial charge in [0.1, 0.15) is 0 Å². The molecule has 0 atom stereocenters. The lowest BCUT2D eigenvalue weighted by atomic mass is 10.1. The van der Waals surface area contributed by atoms with Crippen molar-refractivity contribution in [1.82, 2.24) is 14.6 Å². The maximum absolute atomic E-state index is 12.8. The molecule has 1 saturated heterocycles. The second-order valence-electron chi connectivity index (χ2n) is 6.32. The smallest absolute Gasteiger partial charge is 0.251 e. The molecule has 27 heavy (non-hydrogen) atoms. The van der Waals surface area contributed by atoms with Crippen molar-refractivity contribution in [2.24, 2.45) is 0 Å². The second kappa shape index (κ2) is 8.60. The van der Waals surface area contributed by atoms with E-state index in [0.29, 0.717) is 44.8 Å². The highest BCUT2D eigenvalue weighted by atomic mass is 32.2. The molecule has 0 bridgehead atoms. The van der Waals surface area contributed by atoms with Gasteiger partial charge in [-0.05, 0) is 36.8 Å². The maximum Gasteiger partial charge on any atom is 0.251 e. The highest BCUT2D eigenvalue weighted by Gasteiger charge is 2.27. The minimum Gasteiger partial charge on any atom is -0.379 e. The van der Waals surface area contributed by atoms with Crippen LogP contribution in [0.15, 0.2) is 47.5 Å². The quantitative estimate of drug-likeness (QED) is 0.806. The van der Waals surface area contributed by atoms with Gasteiger partial charge in [-0.15, -0.1) is 0 Å². The topological polar surface area (TPSA) is 88.6 Å². The molecule has 1 aromatic carbocycles. The molecule has 1 N–H and O–H groups in total. The number of pyridine rings is 1. The van der Waals surface area contributed by atoms with Crippen LogP contribution in [0.1, 0.15) is 21.6 Å². The fourth-order valence-corrected chi connectivity index (χ4v) is 4.32. The van der Waals surface area contributed by atoms with Gasteiger partial charge in [-0.3, -0.25) is 9.78 Å². The Morgan fingerprint density at radius 2 is 2.00 bits per heavy atom. The molecule has 2 aromatic rings. The number of ether oxygens (including phenoxy) is 1. The number of carbonyl (C=O) groups excluding carboxylic acids is 1. The Kier molecular flexibility index (Phi) is 6.20. The first-order valence-electron chi connectivity index (χ1n) is 8.85. The van der Waals surface area contributed by atoms with E-state index >= 15 is 0 Å². The van der Waals surface area contributed by atoms with Crippen LogP contribution in [0, 0.1) is 6.92 Å². The van der Waals surface area contributed by atoms with Crippen LogP contribution in [0.5, 0.6) is 0 Å². The van der Waals surface area contributed by atoms with Crippen LogP contribution >= 0.6 is 0 Å². The number of hydrogen-bond donors (Lipinski definition) is 1. The third kappa shape index (κ3) is 4.71. The van der Waals surface area contributed by atoms with E-state index in [1.165, 1.54) is 10.4 Å². The zero-order chi connectivity index (χ0) is 19.3. The number of rotatable bonds is 6. The molecule has 144 valence electrons. The highest BCUT2D eigenvalue weighted by Crippen LogP contribution is 2.20. The minimum atomic E-state index is -3.63. The molecular formula is C19H23N3O4S. The molecular weight excluding hydrogens is 366 g/mol. The van der Waals surface area contributed by atoms with Gasteiger partial charge in [0, 0.05) is 43.5 Å². The Balaban J connectivity index is 1.71. The Bertz CT molecular complexity index is 894. The number of nitrogens with one attached hydrogen (secondary N) is 1. The second-order valence-corrected chi connectivity index (χ2v) is 8.26. The largest absolute Gasteiger partial charge is 0.379 e. The lowest BCUT2D eigenvalue weighted by Crippen LogP contribution is -2.40. The fourth-order valence-electron chi connectivity index (χ4n) is 2.89. The molecule has 0 aliphatic carbocycles. The van der Waals surface area contributed by atoms with Crippen LogP contribution in [-0.4, -0.2) is 56.5 Å². The summed E-state index contributed by atoms with van der Waals surface area (Å²) < 4.78 is 32.2. The standard InChI is InChI=1S/C19H23N3O4S/c1-15-5-6-17(27(24,25)22-10-12-26-13-11-22)14-18(15)19(23)21-9-7-16-4-2-3-8-20-16/h2-6,8,14H,7,9-13H2,1H3,(H,21,23). The summed E-state index contributed by atoms with van der Waals surface area (Å²) in [4.78, 5) is 16.9. The number of sulfonamides is 1. The summed E-state index contributed by atoms with van der Waals surface area (Å²) in [5.74, 6) is -0.289. The average Bonchev–Trinajstić information content (AvgIpc) is 2.69. The molecule has 2 heterocycles. The van der Waals surface area contributed by atoms with Gasteiger partial charge < -0.3 is 10.1 Å². The van der Waals surface area contributed by atoms with Gasteiger partial charge in [-0.1, -0.05) is 12.1 Å². The van der Waals surface area contributed by atoms with Gasteiger partial charge in [-0.25, -0.2) is 8.42 Å². The summed E-state index contributed by atoms with van der Waals surface area (Å²) in [6, 6.07) is 10.3. The number of aryl methyl sites for hydroxylation is 1. The van der Waals surface area contributed by atoms with Crippen LogP contribution in [0.2, 0.25) is 0 Å². The van der Waals surface area contributed by atoms with Crippen molar-refractivity contribution in [2.45, 2.75) is 18.2 Å². The average molecular weight is 389 g/mol. The zero-order valence-corrected chi connectivity index (χ0v) is 16.0. The lowest BCUT2D eigenvalue weighted by molar-refractivity contribution is 0.0730. The van der Waals surface area contributed by atoms with Crippen LogP contribution in [0.3, 0.4) is 0 Å². The summed E-state index contributed by atoms with van der Waals surface area (Å²) in [7, 11) is -3.63. The molecule has 1 aromatic heterocycles. The number of benzene rings is 1. The van der Waals surface area contributed by atoms with Crippen molar-refractivity contribution >= 4 is 15.9 Å². The molecule has 3 rings (SSSR count). The first kappa shape index (κ1) is 19.5. The van der Waals surface area contributed by atoms with E-state index in [1.807, 2.05) is 18.2 Å². The summed E-state index contributed by atoms with van der Waals surface area (Å²) in [6.45, 7) is 3.62. The van der Waals surface area contributed by atoms with E-state index in [1.54, 1.807) is 25.3 Å². The van der Waals surface area contributed by atoms with Crippen LogP contribution in [0.25, 0.3) is 0 Å². The fraction of sp³-hybridized carbons (Fsp3) is 0.368. The van der Waals surface area contributed by atoms with Crippen LogP contribution < -0.4 is 5.32 Å². The van der Waals surface area contributed by atoms with E-state index in [4.69, 9.17) is 4.74 Å². The Morgan fingerprint density at radius 3 is 2.70 bits per heavy atom. The van der Waals surface area contributed by atoms with Crippen molar-refractivity contribution in [1.29, 1.82) is 0 Å². The van der Waals surface area contributed by atoms with Gasteiger partial charge >= 0.3 is 0 Å². The first-order chi connectivity index (χ1) is 13.0. The molecule has 0 saturated carbocycles. The summed E-state index contributed by atoms with van der Waals surface area (Å²) in [5, 5.41) is 2.84. The van der Waals surface area contributed by atoms with E-state index in [0.717, 1.165) is 11.3 Å². The molecule has 1 aliphatic heterocycles. The first-order valence-corrected chi connectivity index (χ1v) is 10.3. The monoisotopic (exact) mass is 389 g/mol. The van der Waals surface area contributed by atoms with Gasteiger partial charge in [0.2, 0.25) is 10.0 Å². The van der Waals surface area contributed by atoms with Gasteiger partial charge in [-0.2, -0.15) is 4.31 Å². The maximum atomic E-state index is 12.8. The van der Waals surface area contributed by atoms with Crippen molar-refractivity contribution in [3.63, 3.8) is 0 Å². The third-order valence-electron chi connectivity index (χ3n) is 4.45. The van der Waals surface area contributed by atoms with Crippen LogP contribution in [-0.2, 0) is 21.2 Å². The van der Waals surface area contributed by atoms with Crippen molar-refractivity contribution in [3.8, 4) is 0 Å². The van der Waals surface area contributed by atoms with Crippen LogP contribution in [0.4, 0.5) is 0 Å². The van der Waals surface area contributed by atoms with E-state index < -0.39 is 10.0 Å².